The first-order chi connectivity index (χ1) is 10.6. The summed E-state index contributed by atoms with van der Waals surface area (Å²) in [4.78, 5) is 29.6. The number of aromatic nitrogens is 1. The number of pyridine rings is 1. The first-order valence-corrected chi connectivity index (χ1v) is 7.63. The summed E-state index contributed by atoms with van der Waals surface area (Å²) in [5.41, 5.74) is 1.34. The quantitative estimate of drug-likeness (QED) is 0.886. The zero-order valence-electron chi connectivity index (χ0n) is 12.6. The Labute approximate surface area is 128 Å². The van der Waals surface area contributed by atoms with Gasteiger partial charge in [-0.2, -0.15) is 0 Å². The van der Waals surface area contributed by atoms with E-state index >= 15 is 0 Å². The number of H-pyrrole nitrogens is 1. The van der Waals surface area contributed by atoms with E-state index in [1.165, 1.54) is 0 Å². The third-order valence-corrected chi connectivity index (χ3v) is 4.46. The minimum atomic E-state index is -0.340. The number of nitrogens with one attached hydrogen (secondary N) is 1. The number of para-hydroxylation sites is 1. The molecule has 22 heavy (non-hydrogen) atoms. The highest BCUT2D eigenvalue weighted by molar-refractivity contribution is 5.99. The average molecular weight is 300 g/mol. The Bertz CT molecular complexity index is 766. The van der Waals surface area contributed by atoms with Crippen LogP contribution < -0.4 is 5.56 Å². The third kappa shape index (κ3) is 2.52. The minimum Gasteiger partial charge on any atom is -0.396 e. The van der Waals surface area contributed by atoms with E-state index in [0.717, 1.165) is 29.3 Å². The van der Waals surface area contributed by atoms with Gasteiger partial charge >= 0.3 is 0 Å². The standard InChI is InChI=1S/C17H20N2O3/c1-11-13-6-2-3-7-14(13)18-16(21)15(11)17(22)19-8-4-5-12(9-19)10-20/h2-3,6-7,12,20H,4-5,8-10H2,1H3,(H,18,21). The van der Waals surface area contributed by atoms with Gasteiger partial charge in [-0.15, -0.1) is 0 Å². The molecule has 1 aromatic heterocycles. The maximum atomic E-state index is 12.8. The lowest BCUT2D eigenvalue weighted by molar-refractivity contribution is 0.0618. The second kappa shape index (κ2) is 5.93. The fourth-order valence-corrected chi connectivity index (χ4v) is 3.22. The molecule has 1 saturated heterocycles. The summed E-state index contributed by atoms with van der Waals surface area (Å²) in [5.74, 6) is -0.125. The Morgan fingerprint density at radius 3 is 2.95 bits per heavy atom. The van der Waals surface area contributed by atoms with Crippen molar-refractivity contribution in [2.24, 2.45) is 5.92 Å². The molecule has 0 saturated carbocycles. The Hall–Kier alpha value is -2.14. The van der Waals surface area contributed by atoms with Crippen LogP contribution in [0.5, 0.6) is 0 Å². The van der Waals surface area contributed by atoms with Crippen LogP contribution in [0.1, 0.15) is 28.8 Å². The zero-order chi connectivity index (χ0) is 15.7. The van der Waals surface area contributed by atoms with Gasteiger partial charge in [0.05, 0.1) is 0 Å². The Kier molecular flexibility index (Phi) is 3.98. The SMILES string of the molecule is Cc1c(C(=O)N2CCCC(CO)C2)c(=O)[nH]c2ccccc12. The molecule has 2 aromatic rings. The van der Waals surface area contributed by atoms with Crippen LogP contribution in [0.25, 0.3) is 10.9 Å². The number of carbonyl (C=O) groups excluding carboxylic acids is 1. The van der Waals surface area contributed by atoms with Gasteiger partial charge in [-0.1, -0.05) is 18.2 Å². The van der Waals surface area contributed by atoms with E-state index < -0.39 is 0 Å². The molecule has 1 aliphatic heterocycles. The smallest absolute Gasteiger partial charge is 0.261 e. The molecule has 116 valence electrons. The van der Waals surface area contributed by atoms with Gasteiger partial charge in [0.1, 0.15) is 5.56 Å². The van der Waals surface area contributed by atoms with Crippen molar-refractivity contribution < 1.29 is 9.90 Å². The molecular weight excluding hydrogens is 280 g/mol. The summed E-state index contributed by atoms with van der Waals surface area (Å²) < 4.78 is 0. The van der Waals surface area contributed by atoms with Crippen molar-refractivity contribution in [3.8, 4) is 0 Å². The van der Waals surface area contributed by atoms with Crippen molar-refractivity contribution in [1.82, 2.24) is 9.88 Å². The molecule has 1 amide bonds. The number of likely N-dealkylation sites (tertiary alicyclic amines) is 1. The molecule has 0 aliphatic carbocycles. The van der Waals surface area contributed by atoms with E-state index in [0.29, 0.717) is 13.1 Å². The van der Waals surface area contributed by atoms with Crippen molar-refractivity contribution in [2.45, 2.75) is 19.8 Å². The number of rotatable bonds is 2. The molecule has 0 radical (unpaired) electrons. The lowest BCUT2D eigenvalue weighted by atomic mass is 9.97. The number of hydrogen-bond acceptors (Lipinski definition) is 3. The molecule has 2 heterocycles. The molecule has 5 heteroatoms. The van der Waals surface area contributed by atoms with Crippen LogP contribution in [0.15, 0.2) is 29.1 Å². The monoisotopic (exact) mass is 300 g/mol. The first kappa shape index (κ1) is 14.8. The van der Waals surface area contributed by atoms with Crippen LogP contribution in [0.4, 0.5) is 0 Å². The van der Waals surface area contributed by atoms with E-state index in [-0.39, 0.29) is 29.6 Å². The predicted octanol–water partition coefficient (Wildman–Crippen LogP) is 1.68. The molecule has 1 atom stereocenters. The molecule has 5 nitrogen and oxygen atoms in total. The van der Waals surface area contributed by atoms with Gasteiger partial charge in [0.15, 0.2) is 0 Å². The Balaban J connectivity index is 2.02. The maximum absolute atomic E-state index is 12.8. The lowest BCUT2D eigenvalue weighted by Gasteiger charge is -2.32. The van der Waals surface area contributed by atoms with Gasteiger partial charge in [0.2, 0.25) is 0 Å². The normalized spacial score (nSPS) is 18.6. The lowest BCUT2D eigenvalue weighted by Crippen LogP contribution is -2.43. The molecule has 2 N–H and O–H groups in total. The highest BCUT2D eigenvalue weighted by Gasteiger charge is 2.27. The number of aliphatic hydroxyl groups excluding tert-OH is 1. The third-order valence-electron chi connectivity index (χ3n) is 4.46. The van der Waals surface area contributed by atoms with Gasteiger partial charge in [0.25, 0.3) is 11.5 Å². The number of nitrogens with zero attached hydrogens (tertiary/aromatic N) is 1. The van der Waals surface area contributed by atoms with Crippen LogP contribution in [0.2, 0.25) is 0 Å². The highest BCUT2D eigenvalue weighted by Crippen LogP contribution is 2.21. The van der Waals surface area contributed by atoms with E-state index in [1.54, 1.807) is 4.90 Å². The summed E-state index contributed by atoms with van der Waals surface area (Å²) >= 11 is 0. The highest BCUT2D eigenvalue weighted by atomic mass is 16.3. The van der Waals surface area contributed by atoms with E-state index in [1.807, 2.05) is 31.2 Å². The largest absolute Gasteiger partial charge is 0.396 e. The number of piperidine rings is 1. The Morgan fingerprint density at radius 2 is 2.18 bits per heavy atom. The molecule has 0 spiro atoms. The van der Waals surface area contributed by atoms with Crippen LogP contribution in [0, 0.1) is 12.8 Å². The van der Waals surface area contributed by atoms with Crippen LogP contribution in [-0.4, -0.2) is 40.6 Å². The van der Waals surface area contributed by atoms with Gasteiger partial charge < -0.3 is 15.0 Å². The van der Waals surface area contributed by atoms with Crippen LogP contribution in [0.3, 0.4) is 0 Å². The predicted molar refractivity (Wildman–Crippen MR) is 85.0 cm³/mol. The molecule has 1 fully saturated rings. The minimum absolute atomic E-state index is 0.0802. The van der Waals surface area contributed by atoms with Gasteiger partial charge in [0, 0.05) is 30.6 Å². The number of aromatic amines is 1. The number of carbonyl (C=O) groups is 1. The molecule has 1 aromatic carbocycles. The summed E-state index contributed by atoms with van der Waals surface area (Å²) in [5, 5.41) is 10.2. The number of amides is 1. The van der Waals surface area contributed by atoms with E-state index in [2.05, 4.69) is 4.98 Å². The van der Waals surface area contributed by atoms with Crippen molar-refractivity contribution in [2.75, 3.05) is 19.7 Å². The van der Waals surface area contributed by atoms with Crippen molar-refractivity contribution in [3.63, 3.8) is 0 Å². The number of fused-ring (bicyclic) bond motifs is 1. The number of benzene rings is 1. The first-order valence-electron chi connectivity index (χ1n) is 7.63. The van der Waals surface area contributed by atoms with Gasteiger partial charge in [-0.25, -0.2) is 0 Å². The number of hydrogen-bond donors (Lipinski definition) is 2. The fourth-order valence-electron chi connectivity index (χ4n) is 3.22. The fraction of sp³-hybridized carbons (Fsp3) is 0.412. The Morgan fingerprint density at radius 1 is 1.41 bits per heavy atom. The zero-order valence-corrected chi connectivity index (χ0v) is 12.6. The number of aryl methyl sites for hydroxylation is 1. The van der Waals surface area contributed by atoms with Gasteiger partial charge in [-0.3, -0.25) is 9.59 Å². The maximum Gasteiger partial charge on any atom is 0.261 e. The summed E-state index contributed by atoms with van der Waals surface area (Å²) in [6, 6.07) is 7.49. The molecular formula is C17H20N2O3. The van der Waals surface area contributed by atoms with Crippen LogP contribution in [-0.2, 0) is 0 Å². The van der Waals surface area contributed by atoms with Crippen molar-refractivity contribution in [1.29, 1.82) is 0 Å². The molecule has 1 aliphatic rings. The van der Waals surface area contributed by atoms with Gasteiger partial charge in [-0.05, 0) is 37.3 Å². The molecule has 1 unspecified atom stereocenters. The molecule has 0 bridgehead atoms. The topological polar surface area (TPSA) is 73.4 Å². The second-order valence-electron chi connectivity index (χ2n) is 5.94. The van der Waals surface area contributed by atoms with Crippen molar-refractivity contribution >= 4 is 16.8 Å². The summed E-state index contributed by atoms with van der Waals surface area (Å²) in [6.45, 7) is 3.05. The summed E-state index contributed by atoms with van der Waals surface area (Å²) in [7, 11) is 0. The second-order valence-corrected chi connectivity index (χ2v) is 5.94. The van der Waals surface area contributed by atoms with Crippen LogP contribution >= 0.6 is 0 Å². The molecule has 3 rings (SSSR count). The number of aliphatic hydroxyl groups is 1. The average Bonchev–Trinajstić information content (AvgIpc) is 2.54. The van der Waals surface area contributed by atoms with E-state index in [4.69, 9.17) is 0 Å². The van der Waals surface area contributed by atoms with Crippen molar-refractivity contribution in [3.05, 3.63) is 45.7 Å². The summed E-state index contributed by atoms with van der Waals surface area (Å²) in [6.07, 6.45) is 1.79. The van der Waals surface area contributed by atoms with E-state index in [9.17, 15) is 14.7 Å².